The quantitative estimate of drug-likeness (QED) is 0.784. The predicted molar refractivity (Wildman–Crippen MR) is 83.2 cm³/mol. The van der Waals surface area contributed by atoms with Crippen LogP contribution in [0, 0.1) is 5.92 Å². The third-order valence-electron chi connectivity index (χ3n) is 4.60. The number of fused-ring (bicyclic) bond motifs is 1. The van der Waals surface area contributed by atoms with E-state index in [1.165, 1.54) is 32.1 Å². The molecule has 1 saturated carbocycles. The van der Waals surface area contributed by atoms with Gasteiger partial charge in [0.1, 0.15) is 11.3 Å². The molecule has 20 heavy (non-hydrogen) atoms. The fraction of sp³-hybridized carbons (Fsp3) is 0.625. The van der Waals surface area contributed by atoms with Crippen LogP contribution in [0.4, 0.5) is 0 Å². The van der Waals surface area contributed by atoms with Crippen LogP contribution in [0.1, 0.15) is 50.9 Å². The summed E-state index contributed by atoms with van der Waals surface area (Å²) in [5, 5.41) is 0. The van der Waals surface area contributed by atoms with E-state index in [1.807, 2.05) is 18.3 Å². The molecule has 0 radical (unpaired) electrons. The van der Waals surface area contributed by atoms with Crippen molar-refractivity contribution in [2.45, 2.75) is 51.5 Å². The summed E-state index contributed by atoms with van der Waals surface area (Å²) in [5.41, 5.74) is 2.04. The maximum absolute atomic E-state index is 5.95. The van der Waals surface area contributed by atoms with Gasteiger partial charge in [0, 0.05) is 24.5 Å². The van der Waals surface area contributed by atoms with Crippen molar-refractivity contribution in [2.75, 3.05) is 5.88 Å². The van der Waals surface area contributed by atoms with Crippen molar-refractivity contribution in [3.8, 4) is 0 Å². The average Bonchev–Trinajstić information content (AvgIpc) is 2.86. The molecule has 1 aliphatic rings. The topological polar surface area (TPSA) is 30.7 Å². The van der Waals surface area contributed by atoms with E-state index < -0.39 is 0 Å². The number of halogens is 1. The van der Waals surface area contributed by atoms with Crippen LogP contribution in [-0.4, -0.2) is 20.4 Å². The van der Waals surface area contributed by atoms with Crippen molar-refractivity contribution in [1.82, 2.24) is 14.5 Å². The van der Waals surface area contributed by atoms with Gasteiger partial charge in [-0.15, -0.1) is 11.6 Å². The first-order chi connectivity index (χ1) is 9.83. The van der Waals surface area contributed by atoms with Crippen molar-refractivity contribution < 1.29 is 0 Å². The first kappa shape index (κ1) is 13.9. The number of nitrogens with zero attached hydrogens (tertiary/aromatic N) is 3. The lowest BCUT2D eigenvalue weighted by atomic mass is 9.84. The summed E-state index contributed by atoms with van der Waals surface area (Å²) in [6, 6.07) is 4.56. The average molecular weight is 292 g/mol. The molecule has 0 aromatic carbocycles. The van der Waals surface area contributed by atoms with E-state index in [2.05, 4.69) is 16.5 Å². The standard InChI is InChI=1S/C16H22ClN3/c1-2-12-5-7-13(8-6-12)20-15(9-10-17)19-14-4-3-11-18-16(14)20/h3-4,11-13H,2,5-10H2,1H3. The zero-order valence-electron chi connectivity index (χ0n) is 12.1. The predicted octanol–water partition coefficient (Wildman–Crippen LogP) is 4.35. The molecular weight excluding hydrogens is 270 g/mol. The maximum atomic E-state index is 5.95. The summed E-state index contributed by atoms with van der Waals surface area (Å²) in [6.45, 7) is 2.30. The van der Waals surface area contributed by atoms with Crippen molar-refractivity contribution >= 4 is 22.8 Å². The molecule has 3 rings (SSSR count). The van der Waals surface area contributed by atoms with E-state index in [9.17, 15) is 0 Å². The Morgan fingerprint density at radius 3 is 2.80 bits per heavy atom. The molecule has 108 valence electrons. The summed E-state index contributed by atoms with van der Waals surface area (Å²) in [5.74, 6) is 2.63. The highest BCUT2D eigenvalue weighted by Gasteiger charge is 2.25. The normalized spacial score (nSPS) is 23.3. The second-order valence-electron chi connectivity index (χ2n) is 5.77. The van der Waals surface area contributed by atoms with Crippen LogP contribution in [0.2, 0.25) is 0 Å². The second kappa shape index (κ2) is 6.13. The van der Waals surface area contributed by atoms with Gasteiger partial charge in [0.15, 0.2) is 5.65 Å². The smallest absolute Gasteiger partial charge is 0.160 e. The van der Waals surface area contributed by atoms with E-state index in [0.29, 0.717) is 11.9 Å². The van der Waals surface area contributed by atoms with Gasteiger partial charge in [-0.05, 0) is 43.7 Å². The molecule has 1 aliphatic carbocycles. The third-order valence-corrected chi connectivity index (χ3v) is 4.79. The molecule has 3 nitrogen and oxygen atoms in total. The number of aryl methyl sites for hydroxylation is 1. The van der Waals surface area contributed by atoms with Crippen molar-refractivity contribution in [1.29, 1.82) is 0 Å². The largest absolute Gasteiger partial charge is 0.310 e. The molecule has 0 atom stereocenters. The molecule has 0 unspecified atom stereocenters. The molecule has 0 aliphatic heterocycles. The number of imidazole rings is 1. The van der Waals surface area contributed by atoms with Crippen molar-refractivity contribution in [3.05, 3.63) is 24.2 Å². The summed E-state index contributed by atoms with van der Waals surface area (Å²) in [6.07, 6.45) is 9.14. The molecule has 0 saturated heterocycles. The molecule has 0 spiro atoms. The molecule has 2 heterocycles. The van der Waals surface area contributed by atoms with Gasteiger partial charge in [-0.1, -0.05) is 13.3 Å². The van der Waals surface area contributed by atoms with Crippen LogP contribution in [0.5, 0.6) is 0 Å². The second-order valence-corrected chi connectivity index (χ2v) is 6.14. The highest BCUT2D eigenvalue weighted by Crippen LogP contribution is 2.36. The number of alkyl halides is 1. The van der Waals surface area contributed by atoms with Gasteiger partial charge in [-0.2, -0.15) is 0 Å². The van der Waals surface area contributed by atoms with Gasteiger partial charge in [0.2, 0.25) is 0 Å². The van der Waals surface area contributed by atoms with Crippen LogP contribution in [0.25, 0.3) is 11.2 Å². The number of aromatic nitrogens is 3. The molecule has 4 heteroatoms. The first-order valence-electron chi connectivity index (χ1n) is 7.71. The summed E-state index contributed by atoms with van der Waals surface area (Å²) in [7, 11) is 0. The van der Waals surface area contributed by atoms with Crippen LogP contribution in [0.3, 0.4) is 0 Å². The first-order valence-corrected chi connectivity index (χ1v) is 8.24. The van der Waals surface area contributed by atoms with Gasteiger partial charge >= 0.3 is 0 Å². The Morgan fingerprint density at radius 2 is 2.10 bits per heavy atom. The van der Waals surface area contributed by atoms with Crippen molar-refractivity contribution in [3.63, 3.8) is 0 Å². The van der Waals surface area contributed by atoms with Crippen LogP contribution in [0.15, 0.2) is 18.3 Å². The van der Waals surface area contributed by atoms with Gasteiger partial charge in [0.25, 0.3) is 0 Å². The molecular formula is C16H22ClN3. The number of rotatable bonds is 4. The monoisotopic (exact) mass is 291 g/mol. The minimum absolute atomic E-state index is 0.552. The third kappa shape index (κ3) is 2.56. The summed E-state index contributed by atoms with van der Waals surface area (Å²) in [4.78, 5) is 9.29. The van der Waals surface area contributed by atoms with Gasteiger partial charge in [0.05, 0.1) is 0 Å². The Labute approximate surface area is 125 Å². The molecule has 0 N–H and O–H groups in total. The van der Waals surface area contributed by atoms with Crippen LogP contribution >= 0.6 is 11.6 Å². The van der Waals surface area contributed by atoms with Gasteiger partial charge in [-0.3, -0.25) is 0 Å². The van der Waals surface area contributed by atoms with E-state index in [4.69, 9.17) is 16.6 Å². The number of hydrogen-bond acceptors (Lipinski definition) is 2. The Hall–Kier alpha value is -1.09. The van der Waals surface area contributed by atoms with Gasteiger partial charge < -0.3 is 4.57 Å². The van der Waals surface area contributed by atoms with Gasteiger partial charge in [-0.25, -0.2) is 9.97 Å². The Bertz CT molecular complexity index is 570. The molecule has 0 bridgehead atoms. The van der Waals surface area contributed by atoms with Crippen molar-refractivity contribution in [2.24, 2.45) is 5.92 Å². The maximum Gasteiger partial charge on any atom is 0.160 e. The summed E-state index contributed by atoms with van der Waals surface area (Å²) >= 11 is 5.95. The highest BCUT2D eigenvalue weighted by atomic mass is 35.5. The fourth-order valence-corrected chi connectivity index (χ4v) is 3.60. The Morgan fingerprint density at radius 1 is 1.30 bits per heavy atom. The Balaban J connectivity index is 1.94. The van der Waals surface area contributed by atoms with E-state index >= 15 is 0 Å². The van der Waals surface area contributed by atoms with Crippen LogP contribution < -0.4 is 0 Å². The van der Waals surface area contributed by atoms with E-state index in [-0.39, 0.29) is 0 Å². The molecule has 2 aromatic heterocycles. The summed E-state index contributed by atoms with van der Waals surface area (Å²) < 4.78 is 2.36. The fourth-order valence-electron chi connectivity index (χ4n) is 3.43. The molecule has 1 fully saturated rings. The highest BCUT2D eigenvalue weighted by molar-refractivity contribution is 6.17. The van der Waals surface area contributed by atoms with E-state index in [0.717, 1.165) is 29.3 Å². The minimum atomic E-state index is 0.552. The van der Waals surface area contributed by atoms with Crippen LogP contribution in [-0.2, 0) is 6.42 Å². The zero-order valence-corrected chi connectivity index (χ0v) is 12.8. The lowest BCUT2D eigenvalue weighted by Crippen LogP contribution is -2.20. The molecule has 0 amide bonds. The zero-order chi connectivity index (χ0) is 13.9. The number of hydrogen-bond donors (Lipinski definition) is 0. The lowest BCUT2D eigenvalue weighted by Gasteiger charge is -2.29. The SMILES string of the molecule is CCC1CCC(n2c(CCCl)nc3cccnc32)CC1. The lowest BCUT2D eigenvalue weighted by molar-refractivity contribution is 0.269. The Kier molecular flexibility index (Phi) is 4.25. The molecule has 2 aromatic rings. The minimum Gasteiger partial charge on any atom is -0.310 e. The number of pyridine rings is 1. The van der Waals surface area contributed by atoms with E-state index in [1.54, 1.807) is 0 Å².